The number of unbranched alkanes of at least 4 members (excludes halogenated alkanes) is 1. The van der Waals surface area contributed by atoms with E-state index in [1.54, 1.807) is 0 Å². The van der Waals surface area contributed by atoms with Gasteiger partial charge >= 0.3 is 0 Å². The van der Waals surface area contributed by atoms with E-state index in [0.29, 0.717) is 0 Å². The van der Waals surface area contributed by atoms with Gasteiger partial charge in [-0.25, -0.2) is 4.98 Å². The largest absolute Gasteiger partial charge is 0.441 e. The molecule has 0 atom stereocenters. The molecule has 0 unspecified atom stereocenters. The van der Waals surface area contributed by atoms with E-state index in [9.17, 15) is 0 Å². The second-order valence-corrected chi connectivity index (χ2v) is 3.85. The minimum Gasteiger partial charge on any atom is -0.441 e. The van der Waals surface area contributed by atoms with E-state index in [0.717, 1.165) is 42.2 Å². The molecule has 1 aromatic carbocycles. The van der Waals surface area contributed by atoms with Crippen LogP contribution >= 0.6 is 0 Å². The number of aromatic nitrogens is 1. The van der Waals surface area contributed by atoms with E-state index >= 15 is 0 Å². The molecule has 0 saturated carbocycles. The monoisotopic (exact) mass is 214 g/mol. The van der Waals surface area contributed by atoms with Gasteiger partial charge in [0, 0.05) is 5.56 Å². The van der Waals surface area contributed by atoms with E-state index in [2.05, 4.69) is 11.9 Å². The minimum atomic E-state index is 0.720. The molecular weight excluding hydrogens is 198 g/mol. The molecule has 0 N–H and O–H groups in total. The molecule has 2 heteroatoms. The van der Waals surface area contributed by atoms with Crippen LogP contribution in [0.25, 0.3) is 11.5 Å². The number of aryl methyl sites for hydroxylation is 2. The molecule has 0 amide bonds. The average molecular weight is 214 g/mol. The lowest BCUT2D eigenvalue weighted by Crippen LogP contribution is -1.87. The number of rotatable bonds is 4. The molecule has 83 valence electrons. The molecule has 0 aliphatic carbocycles. The van der Waals surface area contributed by atoms with Crippen molar-refractivity contribution in [1.29, 1.82) is 0 Å². The van der Waals surface area contributed by atoms with E-state index in [1.165, 1.54) is 0 Å². The summed E-state index contributed by atoms with van der Waals surface area (Å²) in [5, 5.41) is 0. The molecular formula is C14H16NO. The van der Waals surface area contributed by atoms with Crippen molar-refractivity contribution in [3.05, 3.63) is 48.7 Å². The van der Waals surface area contributed by atoms with E-state index in [-0.39, 0.29) is 0 Å². The molecule has 0 saturated heterocycles. The van der Waals surface area contributed by atoms with Crippen molar-refractivity contribution >= 4 is 0 Å². The second-order valence-electron chi connectivity index (χ2n) is 3.85. The summed E-state index contributed by atoms with van der Waals surface area (Å²) in [5.74, 6) is 1.64. The van der Waals surface area contributed by atoms with Crippen LogP contribution in [0.4, 0.5) is 0 Å². The van der Waals surface area contributed by atoms with Crippen molar-refractivity contribution in [2.24, 2.45) is 0 Å². The van der Waals surface area contributed by atoms with Crippen molar-refractivity contribution in [3.63, 3.8) is 0 Å². The van der Waals surface area contributed by atoms with Crippen LogP contribution < -0.4 is 0 Å². The summed E-state index contributed by atoms with van der Waals surface area (Å²) in [6.07, 6.45) is 2.94. The van der Waals surface area contributed by atoms with Gasteiger partial charge in [0.05, 0.1) is 5.69 Å². The number of nitrogens with zero attached hydrogens (tertiary/aromatic N) is 1. The summed E-state index contributed by atoms with van der Waals surface area (Å²) in [4.78, 5) is 4.52. The highest BCUT2D eigenvalue weighted by Gasteiger charge is 2.10. The fourth-order valence-electron chi connectivity index (χ4n) is 1.66. The highest BCUT2D eigenvalue weighted by molar-refractivity contribution is 5.53. The molecule has 0 bridgehead atoms. The van der Waals surface area contributed by atoms with Crippen LogP contribution in [-0.2, 0) is 6.42 Å². The lowest BCUT2D eigenvalue weighted by atomic mass is 10.2. The van der Waals surface area contributed by atoms with Gasteiger partial charge in [-0.2, -0.15) is 0 Å². The third-order valence-corrected chi connectivity index (χ3v) is 2.58. The summed E-state index contributed by atoms with van der Waals surface area (Å²) in [5.41, 5.74) is 2.09. The van der Waals surface area contributed by atoms with Crippen LogP contribution in [-0.4, -0.2) is 4.98 Å². The van der Waals surface area contributed by atoms with Crippen LogP contribution in [0.1, 0.15) is 24.3 Å². The first kappa shape index (κ1) is 10.9. The predicted octanol–water partition coefficient (Wildman–Crippen LogP) is 3.81. The maximum Gasteiger partial charge on any atom is 0.226 e. The molecule has 2 aromatic rings. The summed E-state index contributed by atoms with van der Waals surface area (Å²) < 4.78 is 5.67. The maximum atomic E-state index is 5.67. The number of oxazole rings is 1. The minimum absolute atomic E-state index is 0.720. The Kier molecular flexibility index (Phi) is 3.40. The third-order valence-electron chi connectivity index (χ3n) is 2.58. The van der Waals surface area contributed by atoms with Gasteiger partial charge in [0.25, 0.3) is 0 Å². The molecule has 0 fully saturated rings. The maximum absolute atomic E-state index is 5.67. The molecule has 0 aliphatic rings. The van der Waals surface area contributed by atoms with Crippen LogP contribution in [0.5, 0.6) is 0 Å². The van der Waals surface area contributed by atoms with Gasteiger partial charge in [-0.05, 0) is 31.9 Å². The number of benzene rings is 1. The van der Waals surface area contributed by atoms with Crippen LogP contribution in [0.15, 0.2) is 34.7 Å². The van der Waals surface area contributed by atoms with Crippen molar-refractivity contribution in [1.82, 2.24) is 4.98 Å². The first-order valence-electron chi connectivity index (χ1n) is 5.62. The molecule has 0 aliphatic heterocycles. The Morgan fingerprint density at radius 3 is 2.69 bits per heavy atom. The van der Waals surface area contributed by atoms with Crippen LogP contribution in [0.3, 0.4) is 0 Å². The molecule has 1 aromatic heterocycles. The molecule has 2 rings (SSSR count). The molecule has 2 nitrogen and oxygen atoms in total. The summed E-state index contributed by atoms with van der Waals surface area (Å²) in [7, 11) is 0. The summed E-state index contributed by atoms with van der Waals surface area (Å²) >= 11 is 0. The topological polar surface area (TPSA) is 26.0 Å². The third kappa shape index (κ3) is 2.32. The first-order chi connectivity index (χ1) is 7.81. The Balaban J connectivity index is 2.24. The van der Waals surface area contributed by atoms with Crippen molar-refractivity contribution in [3.8, 4) is 11.5 Å². The quantitative estimate of drug-likeness (QED) is 0.773. The van der Waals surface area contributed by atoms with Crippen molar-refractivity contribution in [2.45, 2.75) is 26.2 Å². The van der Waals surface area contributed by atoms with Gasteiger partial charge in [-0.15, -0.1) is 0 Å². The summed E-state index contributed by atoms with van der Waals surface area (Å²) in [6, 6.07) is 9.99. The van der Waals surface area contributed by atoms with Gasteiger partial charge in [0.2, 0.25) is 5.89 Å². The number of hydrogen-bond donors (Lipinski definition) is 0. The molecule has 1 radical (unpaired) electrons. The molecule has 1 heterocycles. The van der Waals surface area contributed by atoms with E-state index in [1.807, 2.05) is 37.3 Å². The van der Waals surface area contributed by atoms with E-state index < -0.39 is 0 Å². The zero-order valence-corrected chi connectivity index (χ0v) is 9.57. The summed E-state index contributed by atoms with van der Waals surface area (Å²) in [6.45, 7) is 5.81. The highest BCUT2D eigenvalue weighted by atomic mass is 16.4. The van der Waals surface area contributed by atoms with Crippen LogP contribution in [0, 0.1) is 13.8 Å². The Labute approximate surface area is 96.3 Å². The van der Waals surface area contributed by atoms with Gasteiger partial charge in [-0.3, -0.25) is 0 Å². The van der Waals surface area contributed by atoms with Gasteiger partial charge < -0.3 is 4.42 Å². The SMILES string of the molecule is [CH2]CCCc1nc(-c2ccccc2)oc1C. The Morgan fingerprint density at radius 1 is 1.25 bits per heavy atom. The standard InChI is InChI=1S/C14H16NO/c1-3-4-10-13-11(2)16-14(15-13)12-8-6-5-7-9-12/h5-9H,1,3-4,10H2,2H3. The van der Waals surface area contributed by atoms with Gasteiger partial charge in [-0.1, -0.05) is 31.5 Å². The first-order valence-corrected chi connectivity index (χ1v) is 5.62. The fourth-order valence-corrected chi connectivity index (χ4v) is 1.66. The fraction of sp³-hybridized carbons (Fsp3) is 0.286. The van der Waals surface area contributed by atoms with Crippen molar-refractivity contribution in [2.75, 3.05) is 0 Å². The van der Waals surface area contributed by atoms with Gasteiger partial charge in [0.15, 0.2) is 0 Å². The second kappa shape index (κ2) is 4.97. The Hall–Kier alpha value is -1.57. The Morgan fingerprint density at radius 2 is 2.00 bits per heavy atom. The van der Waals surface area contributed by atoms with Crippen LogP contribution in [0.2, 0.25) is 0 Å². The van der Waals surface area contributed by atoms with E-state index in [4.69, 9.17) is 4.42 Å². The van der Waals surface area contributed by atoms with Crippen molar-refractivity contribution < 1.29 is 4.42 Å². The smallest absolute Gasteiger partial charge is 0.226 e. The lowest BCUT2D eigenvalue weighted by Gasteiger charge is -1.93. The molecule has 16 heavy (non-hydrogen) atoms. The lowest BCUT2D eigenvalue weighted by molar-refractivity contribution is 0.538. The zero-order valence-electron chi connectivity index (χ0n) is 9.57. The highest BCUT2D eigenvalue weighted by Crippen LogP contribution is 2.22. The number of hydrogen-bond acceptors (Lipinski definition) is 2. The molecule has 0 spiro atoms. The van der Waals surface area contributed by atoms with Gasteiger partial charge in [0.1, 0.15) is 5.76 Å². The normalized spacial score (nSPS) is 10.6. The zero-order chi connectivity index (χ0) is 11.4. The predicted molar refractivity (Wildman–Crippen MR) is 65.0 cm³/mol. The Bertz CT molecular complexity index is 445. The average Bonchev–Trinajstić information content (AvgIpc) is 2.69.